The normalized spacial score (nSPS) is 14.2. The number of allylic oxidation sites excluding steroid dienone is 2. The van der Waals surface area contributed by atoms with Gasteiger partial charge in [0.25, 0.3) is 0 Å². The Hall–Kier alpha value is -1.86. The molecule has 1 heteroatoms. The topological polar surface area (TPSA) is 20.2 Å². The highest BCUT2D eigenvalue weighted by molar-refractivity contribution is 5.23. The van der Waals surface area contributed by atoms with Crippen LogP contribution in [0.25, 0.3) is 0 Å². The molecule has 2 atom stereocenters. The Bertz CT molecular complexity index is 530. The summed E-state index contributed by atoms with van der Waals surface area (Å²) in [6.07, 6.45) is 6.33. The van der Waals surface area contributed by atoms with Crippen molar-refractivity contribution in [3.63, 3.8) is 0 Å². The van der Waals surface area contributed by atoms with Crippen molar-refractivity contribution in [2.24, 2.45) is 5.92 Å². The van der Waals surface area contributed by atoms with Gasteiger partial charge in [-0.2, -0.15) is 0 Å². The molecular formula is C20H24O. The molecule has 2 aromatic carbocycles. The number of benzene rings is 2. The summed E-state index contributed by atoms with van der Waals surface area (Å²) in [6.45, 7) is 2.45. The van der Waals surface area contributed by atoms with Gasteiger partial charge in [0.05, 0.1) is 0 Å². The van der Waals surface area contributed by atoms with Gasteiger partial charge in [0.2, 0.25) is 0 Å². The smallest absolute Gasteiger partial charge is 0.0436 e. The van der Waals surface area contributed by atoms with E-state index in [2.05, 4.69) is 67.6 Å². The number of rotatable bonds is 7. The van der Waals surface area contributed by atoms with Crippen LogP contribution in [-0.4, -0.2) is 11.7 Å². The number of hydrogen-bond acceptors (Lipinski definition) is 1. The molecule has 0 aliphatic rings. The molecule has 0 saturated heterocycles. The van der Waals surface area contributed by atoms with Crippen molar-refractivity contribution in [1.29, 1.82) is 0 Å². The van der Waals surface area contributed by atoms with Gasteiger partial charge in [-0.05, 0) is 35.8 Å². The zero-order chi connectivity index (χ0) is 14.9. The van der Waals surface area contributed by atoms with Crippen molar-refractivity contribution in [2.45, 2.75) is 25.7 Å². The first-order valence-corrected chi connectivity index (χ1v) is 7.67. The van der Waals surface area contributed by atoms with Crippen LogP contribution in [0.5, 0.6) is 0 Å². The molecule has 2 rings (SSSR count). The standard InChI is InChI=1S/C20H24O/c1-17(20-10-6-3-7-11-20)12-13-19(14-15-21)16-18-8-4-2-5-9-18/h2-13,17,19,21H,14-16H2,1H3/b13-12+/t17-,19-/m1/s1. The molecule has 0 unspecified atom stereocenters. The number of aliphatic hydroxyl groups excluding tert-OH is 1. The Kier molecular flexibility index (Phi) is 6.23. The molecule has 2 aromatic rings. The molecule has 0 amide bonds. The van der Waals surface area contributed by atoms with Gasteiger partial charge in [-0.25, -0.2) is 0 Å². The molecule has 0 radical (unpaired) electrons. The quantitative estimate of drug-likeness (QED) is 0.736. The third-order valence-electron chi connectivity index (χ3n) is 3.84. The van der Waals surface area contributed by atoms with E-state index in [9.17, 15) is 5.11 Å². The van der Waals surface area contributed by atoms with E-state index in [1.165, 1.54) is 11.1 Å². The van der Waals surface area contributed by atoms with Crippen LogP contribution in [0.15, 0.2) is 72.8 Å². The summed E-state index contributed by atoms with van der Waals surface area (Å²) in [4.78, 5) is 0. The van der Waals surface area contributed by atoms with Crippen LogP contribution in [0.2, 0.25) is 0 Å². The summed E-state index contributed by atoms with van der Waals surface area (Å²) in [7, 11) is 0. The molecule has 0 spiro atoms. The molecule has 110 valence electrons. The molecular weight excluding hydrogens is 256 g/mol. The highest BCUT2D eigenvalue weighted by atomic mass is 16.3. The molecule has 1 nitrogen and oxygen atoms in total. The van der Waals surface area contributed by atoms with Crippen molar-refractivity contribution >= 4 is 0 Å². The van der Waals surface area contributed by atoms with Crippen molar-refractivity contribution in [3.05, 3.63) is 83.9 Å². The fourth-order valence-corrected chi connectivity index (χ4v) is 2.54. The predicted molar refractivity (Wildman–Crippen MR) is 89.3 cm³/mol. The zero-order valence-electron chi connectivity index (χ0n) is 12.7. The Balaban J connectivity index is 2.00. The van der Waals surface area contributed by atoms with Crippen LogP contribution in [0.4, 0.5) is 0 Å². The summed E-state index contributed by atoms with van der Waals surface area (Å²) >= 11 is 0. The van der Waals surface area contributed by atoms with Gasteiger partial charge < -0.3 is 5.11 Å². The first-order valence-electron chi connectivity index (χ1n) is 7.67. The summed E-state index contributed by atoms with van der Waals surface area (Å²) in [5.74, 6) is 0.798. The van der Waals surface area contributed by atoms with Gasteiger partial charge in [0.1, 0.15) is 0 Å². The minimum Gasteiger partial charge on any atom is -0.396 e. The van der Waals surface area contributed by atoms with Gasteiger partial charge >= 0.3 is 0 Å². The average molecular weight is 280 g/mol. The van der Waals surface area contributed by atoms with Gasteiger partial charge in [0.15, 0.2) is 0 Å². The van der Waals surface area contributed by atoms with E-state index in [-0.39, 0.29) is 6.61 Å². The molecule has 0 aliphatic carbocycles. The molecule has 0 heterocycles. The monoisotopic (exact) mass is 280 g/mol. The zero-order valence-corrected chi connectivity index (χ0v) is 12.7. The second kappa shape index (κ2) is 8.43. The van der Waals surface area contributed by atoms with Crippen molar-refractivity contribution in [1.82, 2.24) is 0 Å². The van der Waals surface area contributed by atoms with Crippen LogP contribution in [-0.2, 0) is 6.42 Å². The fourth-order valence-electron chi connectivity index (χ4n) is 2.54. The first kappa shape index (κ1) is 15.5. The molecule has 1 N–H and O–H groups in total. The average Bonchev–Trinajstić information content (AvgIpc) is 2.54. The SMILES string of the molecule is C[C@H](/C=C/[C@H](CCO)Cc1ccccc1)c1ccccc1. The van der Waals surface area contributed by atoms with Crippen LogP contribution < -0.4 is 0 Å². The minimum absolute atomic E-state index is 0.238. The lowest BCUT2D eigenvalue weighted by atomic mass is 9.93. The van der Waals surface area contributed by atoms with E-state index in [0.29, 0.717) is 11.8 Å². The Morgan fingerprint density at radius 3 is 2.14 bits per heavy atom. The van der Waals surface area contributed by atoms with Crippen LogP contribution in [0.1, 0.15) is 30.4 Å². The Morgan fingerprint density at radius 1 is 0.905 bits per heavy atom. The Labute approximate surface area is 128 Å². The van der Waals surface area contributed by atoms with Crippen molar-refractivity contribution in [2.75, 3.05) is 6.61 Å². The summed E-state index contributed by atoms with van der Waals surface area (Å²) in [5, 5.41) is 9.26. The third-order valence-corrected chi connectivity index (χ3v) is 3.84. The maximum Gasteiger partial charge on any atom is 0.0436 e. The van der Waals surface area contributed by atoms with Gasteiger partial charge in [-0.15, -0.1) is 0 Å². The van der Waals surface area contributed by atoms with E-state index in [0.717, 1.165) is 12.8 Å². The largest absolute Gasteiger partial charge is 0.396 e. The lowest BCUT2D eigenvalue weighted by Gasteiger charge is -2.13. The summed E-state index contributed by atoms with van der Waals surface area (Å²) in [6, 6.07) is 21.0. The van der Waals surface area contributed by atoms with Crippen molar-refractivity contribution < 1.29 is 5.11 Å². The number of hydrogen-bond donors (Lipinski definition) is 1. The maximum absolute atomic E-state index is 9.26. The third kappa shape index (κ3) is 5.20. The highest BCUT2D eigenvalue weighted by Gasteiger charge is 2.07. The second-order valence-corrected chi connectivity index (χ2v) is 5.55. The molecule has 0 aliphatic heterocycles. The highest BCUT2D eigenvalue weighted by Crippen LogP contribution is 2.19. The predicted octanol–water partition coefficient (Wildman–Crippen LogP) is 4.59. The van der Waals surface area contributed by atoms with Crippen LogP contribution in [0.3, 0.4) is 0 Å². The summed E-state index contributed by atoms with van der Waals surface area (Å²) < 4.78 is 0. The van der Waals surface area contributed by atoms with Gasteiger partial charge in [-0.1, -0.05) is 79.7 Å². The summed E-state index contributed by atoms with van der Waals surface area (Å²) in [5.41, 5.74) is 2.66. The van der Waals surface area contributed by atoms with E-state index in [1.807, 2.05) is 12.1 Å². The molecule has 0 fully saturated rings. The Morgan fingerprint density at radius 2 is 1.52 bits per heavy atom. The van der Waals surface area contributed by atoms with E-state index >= 15 is 0 Å². The van der Waals surface area contributed by atoms with Gasteiger partial charge in [-0.3, -0.25) is 0 Å². The lowest BCUT2D eigenvalue weighted by molar-refractivity contribution is 0.269. The molecule has 0 saturated carbocycles. The van der Waals surface area contributed by atoms with E-state index in [1.54, 1.807) is 0 Å². The first-order chi connectivity index (χ1) is 10.3. The number of aliphatic hydroxyl groups is 1. The van der Waals surface area contributed by atoms with Gasteiger partial charge in [0, 0.05) is 6.61 Å². The lowest BCUT2D eigenvalue weighted by Crippen LogP contribution is -2.04. The van der Waals surface area contributed by atoms with E-state index in [4.69, 9.17) is 0 Å². The molecule has 0 aromatic heterocycles. The second-order valence-electron chi connectivity index (χ2n) is 5.55. The maximum atomic E-state index is 9.26. The fraction of sp³-hybridized carbons (Fsp3) is 0.300. The molecule has 0 bridgehead atoms. The van der Waals surface area contributed by atoms with Crippen LogP contribution in [0, 0.1) is 5.92 Å². The molecule has 21 heavy (non-hydrogen) atoms. The van der Waals surface area contributed by atoms with Crippen LogP contribution >= 0.6 is 0 Å². The van der Waals surface area contributed by atoms with E-state index < -0.39 is 0 Å². The van der Waals surface area contributed by atoms with Crippen molar-refractivity contribution in [3.8, 4) is 0 Å². The minimum atomic E-state index is 0.238.